The molecule has 1 N–H and O–H groups in total. The van der Waals surface area contributed by atoms with Crippen LogP contribution in [-0.2, 0) is 16.1 Å². The van der Waals surface area contributed by atoms with Crippen LogP contribution in [0.4, 0.5) is 0 Å². The second-order valence-corrected chi connectivity index (χ2v) is 9.36. The number of benzene rings is 3. The SMILES string of the molecule is C=CC(=O)OCc1cc(-c2ccc(C3CCC(C)CC3)cc2)ccc1-c1ccc(OCCO)cc1. The highest BCUT2D eigenvalue weighted by molar-refractivity contribution is 5.81. The van der Waals surface area contributed by atoms with Gasteiger partial charge in [0.2, 0.25) is 0 Å². The van der Waals surface area contributed by atoms with Gasteiger partial charge in [0.25, 0.3) is 0 Å². The summed E-state index contributed by atoms with van der Waals surface area (Å²) in [5.41, 5.74) is 6.58. The van der Waals surface area contributed by atoms with E-state index < -0.39 is 5.97 Å². The van der Waals surface area contributed by atoms with E-state index in [0.29, 0.717) is 11.7 Å². The second-order valence-electron chi connectivity index (χ2n) is 9.36. The number of hydrogen-bond donors (Lipinski definition) is 1. The Hall–Kier alpha value is -3.37. The summed E-state index contributed by atoms with van der Waals surface area (Å²) in [6.45, 7) is 6.25. The van der Waals surface area contributed by atoms with Gasteiger partial charge < -0.3 is 14.6 Å². The molecule has 35 heavy (non-hydrogen) atoms. The van der Waals surface area contributed by atoms with Gasteiger partial charge in [0.05, 0.1) is 6.61 Å². The van der Waals surface area contributed by atoms with E-state index in [4.69, 9.17) is 14.6 Å². The van der Waals surface area contributed by atoms with E-state index in [1.807, 2.05) is 24.3 Å². The molecule has 4 heteroatoms. The number of aliphatic hydroxyl groups is 1. The first-order valence-corrected chi connectivity index (χ1v) is 12.4. The first kappa shape index (κ1) is 24.7. The van der Waals surface area contributed by atoms with Crippen molar-refractivity contribution in [2.24, 2.45) is 5.92 Å². The van der Waals surface area contributed by atoms with Crippen molar-refractivity contribution in [3.05, 3.63) is 90.5 Å². The molecule has 182 valence electrons. The molecule has 4 nitrogen and oxygen atoms in total. The smallest absolute Gasteiger partial charge is 0.330 e. The Bertz CT molecular complexity index is 1120. The monoisotopic (exact) mass is 470 g/mol. The van der Waals surface area contributed by atoms with E-state index in [0.717, 1.165) is 33.7 Å². The molecular weight excluding hydrogens is 436 g/mol. The van der Waals surface area contributed by atoms with Gasteiger partial charge in [0.15, 0.2) is 0 Å². The summed E-state index contributed by atoms with van der Waals surface area (Å²) in [6.07, 6.45) is 6.36. The van der Waals surface area contributed by atoms with Gasteiger partial charge in [-0.3, -0.25) is 0 Å². The van der Waals surface area contributed by atoms with Crippen LogP contribution in [0.1, 0.15) is 49.7 Å². The highest BCUT2D eigenvalue weighted by Crippen LogP contribution is 2.37. The molecule has 0 aliphatic heterocycles. The lowest BCUT2D eigenvalue weighted by molar-refractivity contribution is -0.138. The van der Waals surface area contributed by atoms with Crippen LogP contribution >= 0.6 is 0 Å². The average molecular weight is 471 g/mol. The van der Waals surface area contributed by atoms with Crippen LogP contribution in [-0.4, -0.2) is 24.3 Å². The predicted octanol–water partition coefficient (Wildman–Crippen LogP) is 6.91. The van der Waals surface area contributed by atoms with Gasteiger partial charge in [-0.15, -0.1) is 0 Å². The Morgan fingerprint density at radius 3 is 2.26 bits per heavy atom. The maximum atomic E-state index is 11.8. The number of rotatable bonds is 9. The minimum atomic E-state index is -0.444. The van der Waals surface area contributed by atoms with E-state index in [-0.39, 0.29) is 19.8 Å². The lowest BCUT2D eigenvalue weighted by atomic mass is 9.79. The van der Waals surface area contributed by atoms with Crippen LogP contribution in [0.15, 0.2) is 79.4 Å². The van der Waals surface area contributed by atoms with E-state index in [2.05, 4.69) is 56.0 Å². The molecule has 3 aromatic carbocycles. The van der Waals surface area contributed by atoms with Gasteiger partial charge in [-0.25, -0.2) is 4.79 Å². The molecule has 0 aromatic heterocycles. The van der Waals surface area contributed by atoms with Crippen LogP contribution in [0.25, 0.3) is 22.3 Å². The highest BCUT2D eigenvalue weighted by Gasteiger charge is 2.19. The van der Waals surface area contributed by atoms with Crippen LogP contribution < -0.4 is 4.74 Å². The third-order valence-corrected chi connectivity index (χ3v) is 6.90. The van der Waals surface area contributed by atoms with Gasteiger partial charge in [-0.2, -0.15) is 0 Å². The van der Waals surface area contributed by atoms with Crippen molar-refractivity contribution in [2.75, 3.05) is 13.2 Å². The molecule has 1 aliphatic rings. The molecular formula is C31H34O4. The molecule has 0 saturated heterocycles. The van der Waals surface area contributed by atoms with E-state index in [1.54, 1.807) is 0 Å². The first-order chi connectivity index (χ1) is 17.1. The summed E-state index contributed by atoms with van der Waals surface area (Å²) >= 11 is 0. The summed E-state index contributed by atoms with van der Waals surface area (Å²) in [5, 5.41) is 8.96. The summed E-state index contributed by atoms with van der Waals surface area (Å²) < 4.78 is 10.9. The van der Waals surface area contributed by atoms with Crippen LogP contribution in [0, 0.1) is 5.92 Å². The molecule has 4 rings (SSSR count). The van der Waals surface area contributed by atoms with Crippen molar-refractivity contribution in [3.8, 4) is 28.0 Å². The Labute approximate surface area is 208 Å². The van der Waals surface area contributed by atoms with Crippen LogP contribution in [0.3, 0.4) is 0 Å². The zero-order valence-corrected chi connectivity index (χ0v) is 20.4. The quantitative estimate of drug-likeness (QED) is 0.273. The van der Waals surface area contributed by atoms with Crippen LogP contribution in [0.5, 0.6) is 5.75 Å². The van der Waals surface area contributed by atoms with Crippen molar-refractivity contribution in [1.29, 1.82) is 0 Å². The first-order valence-electron chi connectivity index (χ1n) is 12.4. The van der Waals surface area contributed by atoms with Crippen molar-refractivity contribution in [2.45, 2.75) is 45.1 Å². The Kier molecular flexibility index (Phi) is 8.38. The molecule has 0 radical (unpaired) electrons. The molecule has 0 atom stereocenters. The van der Waals surface area contributed by atoms with Gasteiger partial charge >= 0.3 is 5.97 Å². The van der Waals surface area contributed by atoms with Crippen molar-refractivity contribution in [1.82, 2.24) is 0 Å². The lowest BCUT2D eigenvalue weighted by Gasteiger charge is -2.26. The fourth-order valence-electron chi connectivity index (χ4n) is 4.82. The summed E-state index contributed by atoms with van der Waals surface area (Å²) in [6, 6.07) is 22.9. The number of ether oxygens (including phenoxy) is 2. The largest absolute Gasteiger partial charge is 0.491 e. The molecule has 0 amide bonds. The van der Waals surface area contributed by atoms with Gasteiger partial charge in [-0.05, 0) is 76.3 Å². The maximum Gasteiger partial charge on any atom is 0.330 e. The Morgan fingerprint density at radius 2 is 1.60 bits per heavy atom. The zero-order valence-electron chi connectivity index (χ0n) is 20.4. The molecule has 0 spiro atoms. The van der Waals surface area contributed by atoms with E-state index in [9.17, 15) is 4.79 Å². The summed E-state index contributed by atoms with van der Waals surface area (Å²) in [4.78, 5) is 11.8. The molecule has 1 fully saturated rings. The Balaban J connectivity index is 1.58. The Morgan fingerprint density at radius 1 is 0.943 bits per heavy atom. The fourth-order valence-corrected chi connectivity index (χ4v) is 4.82. The minimum Gasteiger partial charge on any atom is -0.491 e. The minimum absolute atomic E-state index is 0.0249. The summed E-state index contributed by atoms with van der Waals surface area (Å²) in [5.74, 6) is 1.77. The maximum absolute atomic E-state index is 11.8. The second kappa shape index (κ2) is 11.9. The molecule has 1 aliphatic carbocycles. The highest BCUT2D eigenvalue weighted by atomic mass is 16.5. The third kappa shape index (κ3) is 6.40. The van der Waals surface area contributed by atoms with Crippen molar-refractivity contribution < 1.29 is 19.4 Å². The molecule has 3 aromatic rings. The number of aliphatic hydroxyl groups excluding tert-OH is 1. The molecule has 0 bridgehead atoms. The van der Waals surface area contributed by atoms with Gasteiger partial charge in [0.1, 0.15) is 19.0 Å². The molecule has 0 heterocycles. The number of esters is 1. The number of carbonyl (C=O) groups excluding carboxylic acids is 1. The number of carbonyl (C=O) groups is 1. The van der Waals surface area contributed by atoms with Gasteiger partial charge in [-0.1, -0.05) is 74.9 Å². The normalized spacial score (nSPS) is 17.5. The zero-order chi connectivity index (χ0) is 24.6. The van der Waals surface area contributed by atoms with E-state index in [1.165, 1.54) is 37.3 Å². The standard InChI is InChI=1S/C31H34O4/c1-3-31(33)35-21-28-20-27(14-17-30(28)26-12-15-29(16-13-26)34-19-18-32)25-10-8-24(9-11-25)23-6-4-22(2)5-7-23/h3,8-17,20,22-23,32H,1,4-7,18-19,21H2,2H3. The lowest BCUT2D eigenvalue weighted by Crippen LogP contribution is -2.10. The number of hydrogen-bond acceptors (Lipinski definition) is 4. The third-order valence-electron chi connectivity index (χ3n) is 6.90. The van der Waals surface area contributed by atoms with E-state index >= 15 is 0 Å². The predicted molar refractivity (Wildman–Crippen MR) is 140 cm³/mol. The van der Waals surface area contributed by atoms with Crippen molar-refractivity contribution in [3.63, 3.8) is 0 Å². The fraction of sp³-hybridized carbons (Fsp3) is 0.323. The molecule has 0 unspecified atom stereocenters. The molecule has 1 saturated carbocycles. The van der Waals surface area contributed by atoms with Gasteiger partial charge in [0, 0.05) is 6.08 Å². The summed E-state index contributed by atoms with van der Waals surface area (Å²) in [7, 11) is 0. The van der Waals surface area contributed by atoms with Crippen molar-refractivity contribution >= 4 is 5.97 Å². The van der Waals surface area contributed by atoms with Crippen LogP contribution in [0.2, 0.25) is 0 Å². The average Bonchev–Trinajstić information content (AvgIpc) is 2.91. The topological polar surface area (TPSA) is 55.8 Å².